The van der Waals surface area contributed by atoms with E-state index in [4.69, 9.17) is 11.6 Å². The van der Waals surface area contributed by atoms with Gasteiger partial charge in [0.1, 0.15) is 5.82 Å². The molecule has 0 aromatic heterocycles. The first-order chi connectivity index (χ1) is 11.8. The number of nitrogens with one attached hydrogen (secondary N) is 2. The molecule has 2 aromatic rings. The Morgan fingerprint density at radius 1 is 1.28 bits per heavy atom. The highest BCUT2D eigenvalue weighted by Crippen LogP contribution is 2.27. The number of hydrogen-bond donors (Lipinski definition) is 2. The second kappa shape index (κ2) is 6.74. The van der Waals surface area contributed by atoms with Gasteiger partial charge in [-0.2, -0.15) is 0 Å². The number of amides is 1. The van der Waals surface area contributed by atoms with Crippen molar-refractivity contribution in [1.82, 2.24) is 10.0 Å². The van der Waals surface area contributed by atoms with Crippen molar-refractivity contribution in [3.63, 3.8) is 0 Å². The van der Waals surface area contributed by atoms with Gasteiger partial charge in [-0.15, -0.1) is 0 Å². The summed E-state index contributed by atoms with van der Waals surface area (Å²) >= 11 is 5.99. The lowest BCUT2D eigenvalue weighted by molar-refractivity contribution is 0.0945. The second-order valence-electron chi connectivity index (χ2n) is 5.80. The molecule has 0 spiro atoms. The highest BCUT2D eigenvalue weighted by Gasteiger charge is 2.25. The quantitative estimate of drug-likeness (QED) is 0.853. The molecule has 2 aromatic carbocycles. The summed E-state index contributed by atoms with van der Waals surface area (Å²) in [6, 6.07) is 7.69. The maximum atomic E-state index is 14.0. The molecule has 132 valence electrons. The summed E-state index contributed by atoms with van der Waals surface area (Å²) < 4.78 is 41.6. The Morgan fingerprint density at radius 2 is 2.04 bits per heavy atom. The highest BCUT2D eigenvalue weighted by molar-refractivity contribution is 7.89. The van der Waals surface area contributed by atoms with Crippen molar-refractivity contribution in [2.24, 2.45) is 0 Å². The zero-order valence-corrected chi connectivity index (χ0v) is 14.9. The summed E-state index contributed by atoms with van der Waals surface area (Å²) in [7, 11) is -3.95. The number of sulfonamides is 1. The smallest absolute Gasteiger partial charge is 0.251 e. The fourth-order valence-electron chi connectivity index (χ4n) is 2.84. The largest absolute Gasteiger partial charge is 0.352 e. The molecular formula is C17H16ClFN2O3S. The Labute approximate surface area is 150 Å². The zero-order chi connectivity index (χ0) is 18.2. The van der Waals surface area contributed by atoms with E-state index in [0.717, 1.165) is 5.56 Å². The lowest BCUT2D eigenvalue weighted by atomic mass is 10.0. The zero-order valence-electron chi connectivity index (χ0n) is 13.3. The van der Waals surface area contributed by atoms with Crippen LogP contribution in [0.2, 0.25) is 5.02 Å². The number of benzene rings is 2. The van der Waals surface area contributed by atoms with E-state index in [1.54, 1.807) is 6.07 Å². The molecule has 1 atom stereocenters. The van der Waals surface area contributed by atoms with Crippen LogP contribution in [0, 0.1) is 5.82 Å². The van der Waals surface area contributed by atoms with Gasteiger partial charge in [0.05, 0.1) is 4.90 Å². The third kappa shape index (κ3) is 3.53. The van der Waals surface area contributed by atoms with Crippen LogP contribution in [0.5, 0.6) is 0 Å². The molecule has 0 saturated heterocycles. The van der Waals surface area contributed by atoms with E-state index in [1.807, 2.05) is 0 Å². The van der Waals surface area contributed by atoms with Crippen LogP contribution in [0.3, 0.4) is 0 Å². The summed E-state index contributed by atoms with van der Waals surface area (Å²) in [4.78, 5) is 11.9. The van der Waals surface area contributed by atoms with Gasteiger partial charge in [0.25, 0.3) is 5.91 Å². The molecule has 0 saturated carbocycles. The third-order valence-corrected chi connectivity index (χ3v) is 5.95. The molecule has 0 fully saturated rings. The van der Waals surface area contributed by atoms with Crippen LogP contribution >= 0.6 is 11.6 Å². The van der Waals surface area contributed by atoms with Crippen LogP contribution in [-0.2, 0) is 16.4 Å². The van der Waals surface area contributed by atoms with Gasteiger partial charge in [0.15, 0.2) is 0 Å². The molecule has 3 rings (SSSR count). The Balaban J connectivity index is 1.92. The molecular weight excluding hydrogens is 367 g/mol. The van der Waals surface area contributed by atoms with Crippen LogP contribution in [0.4, 0.5) is 4.39 Å². The average molecular weight is 383 g/mol. The number of carbonyl (C=O) groups is 1. The van der Waals surface area contributed by atoms with Gasteiger partial charge >= 0.3 is 0 Å². The Hall–Kier alpha value is -1.96. The maximum absolute atomic E-state index is 14.0. The van der Waals surface area contributed by atoms with Gasteiger partial charge in [0, 0.05) is 28.7 Å². The van der Waals surface area contributed by atoms with Crippen LogP contribution in [0.1, 0.15) is 34.5 Å². The fourth-order valence-corrected chi connectivity index (χ4v) is 4.41. The molecule has 1 heterocycles. The minimum absolute atomic E-state index is 0.0531. The molecule has 5 nitrogen and oxygen atoms in total. The van der Waals surface area contributed by atoms with Crippen LogP contribution in [0.25, 0.3) is 0 Å². The lowest BCUT2D eigenvalue weighted by Gasteiger charge is -2.19. The average Bonchev–Trinajstić information content (AvgIpc) is 2.54. The summed E-state index contributed by atoms with van der Waals surface area (Å²) in [6.07, 6.45) is 0.649. The highest BCUT2D eigenvalue weighted by atomic mass is 35.5. The molecule has 0 aliphatic carbocycles. The SMILES string of the molecule is C[C@H](NS(=O)(=O)c1ccc2c(c1)C(=O)NCC2)c1c(F)cccc1Cl. The molecule has 0 unspecified atom stereocenters. The number of halogens is 2. The van der Waals surface area contributed by atoms with Crippen LogP contribution < -0.4 is 10.0 Å². The van der Waals surface area contributed by atoms with Gasteiger partial charge in [-0.1, -0.05) is 23.7 Å². The topological polar surface area (TPSA) is 75.3 Å². The molecule has 0 radical (unpaired) electrons. The van der Waals surface area contributed by atoms with Crippen molar-refractivity contribution in [3.05, 3.63) is 63.9 Å². The minimum Gasteiger partial charge on any atom is -0.352 e. The van der Waals surface area contributed by atoms with Crippen molar-refractivity contribution >= 4 is 27.5 Å². The van der Waals surface area contributed by atoms with E-state index >= 15 is 0 Å². The van der Waals surface area contributed by atoms with E-state index in [0.29, 0.717) is 18.5 Å². The summed E-state index contributed by atoms with van der Waals surface area (Å²) in [5.41, 5.74) is 1.21. The number of rotatable bonds is 4. The first kappa shape index (κ1) is 17.8. The van der Waals surface area contributed by atoms with E-state index in [2.05, 4.69) is 10.0 Å². The van der Waals surface area contributed by atoms with Gasteiger partial charge in [-0.25, -0.2) is 17.5 Å². The first-order valence-electron chi connectivity index (χ1n) is 7.67. The Morgan fingerprint density at radius 3 is 2.76 bits per heavy atom. The molecule has 25 heavy (non-hydrogen) atoms. The van der Waals surface area contributed by atoms with Crippen molar-refractivity contribution < 1.29 is 17.6 Å². The maximum Gasteiger partial charge on any atom is 0.251 e. The Kier molecular flexibility index (Phi) is 4.81. The van der Waals surface area contributed by atoms with Crippen molar-refractivity contribution in [2.75, 3.05) is 6.54 Å². The van der Waals surface area contributed by atoms with Gasteiger partial charge in [0.2, 0.25) is 10.0 Å². The van der Waals surface area contributed by atoms with Crippen molar-refractivity contribution in [1.29, 1.82) is 0 Å². The predicted octanol–water partition coefficient (Wildman–Crippen LogP) is 2.80. The fraction of sp³-hybridized carbons (Fsp3) is 0.235. The molecule has 0 bridgehead atoms. The standard InChI is InChI=1S/C17H16ClFN2O3S/c1-10(16-14(18)3-2-4-15(16)19)21-25(23,24)12-6-5-11-7-8-20-17(22)13(11)9-12/h2-6,9-10,21H,7-8H2,1H3,(H,20,22)/t10-/m0/s1. The van der Waals surface area contributed by atoms with E-state index < -0.39 is 21.9 Å². The molecule has 1 aliphatic rings. The van der Waals surface area contributed by atoms with Gasteiger partial charge in [-0.05, 0) is 43.2 Å². The van der Waals surface area contributed by atoms with E-state index in [1.165, 1.54) is 37.3 Å². The predicted molar refractivity (Wildman–Crippen MR) is 92.6 cm³/mol. The first-order valence-corrected chi connectivity index (χ1v) is 9.53. The number of carbonyl (C=O) groups excluding carboxylic acids is 1. The number of fused-ring (bicyclic) bond motifs is 1. The summed E-state index contributed by atoms with van der Waals surface area (Å²) in [5.74, 6) is -0.893. The normalized spacial score (nSPS) is 15.4. The number of hydrogen-bond acceptors (Lipinski definition) is 3. The molecule has 8 heteroatoms. The third-order valence-electron chi connectivity index (χ3n) is 4.08. The van der Waals surface area contributed by atoms with E-state index in [9.17, 15) is 17.6 Å². The van der Waals surface area contributed by atoms with Crippen molar-refractivity contribution in [3.8, 4) is 0 Å². The molecule has 2 N–H and O–H groups in total. The van der Waals surface area contributed by atoms with Gasteiger partial charge < -0.3 is 5.32 Å². The van der Waals surface area contributed by atoms with Gasteiger partial charge in [-0.3, -0.25) is 4.79 Å². The summed E-state index contributed by atoms with van der Waals surface area (Å²) in [5, 5.41) is 2.82. The van der Waals surface area contributed by atoms with Crippen molar-refractivity contribution in [2.45, 2.75) is 24.3 Å². The van der Waals surface area contributed by atoms with Crippen LogP contribution in [-0.4, -0.2) is 20.9 Å². The lowest BCUT2D eigenvalue weighted by Crippen LogP contribution is -2.33. The van der Waals surface area contributed by atoms with Crippen LogP contribution in [0.15, 0.2) is 41.3 Å². The second-order valence-corrected chi connectivity index (χ2v) is 7.92. The Bertz CT molecular complexity index is 927. The molecule has 1 amide bonds. The van der Waals surface area contributed by atoms with E-state index in [-0.39, 0.29) is 21.4 Å². The molecule has 1 aliphatic heterocycles. The monoisotopic (exact) mass is 382 g/mol. The minimum atomic E-state index is -3.95. The summed E-state index contributed by atoms with van der Waals surface area (Å²) in [6.45, 7) is 2.03.